The van der Waals surface area contributed by atoms with Crippen LogP contribution in [0.2, 0.25) is 0 Å². The van der Waals surface area contributed by atoms with Crippen molar-refractivity contribution in [3.8, 4) is 0 Å². The highest BCUT2D eigenvalue weighted by Crippen LogP contribution is 2.27. The topological polar surface area (TPSA) is 23.1 Å². The SMILES string of the molecule is [O]C1CCN(C2CCC(F)CC2)CC1. The molecule has 0 N–H and O–H groups in total. The highest BCUT2D eigenvalue weighted by molar-refractivity contribution is 4.82. The first-order valence-electron chi connectivity index (χ1n) is 5.79. The minimum atomic E-state index is -0.566. The number of alkyl halides is 1. The van der Waals surface area contributed by atoms with Gasteiger partial charge in [-0.2, -0.15) is 0 Å². The van der Waals surface area contributed by atoms with Crippen molar-refractivity contribution in [3.05, 3.63) is 0 Å². The first kappa shape index (κ1) is 10.4. The van der Waals surface area contributed by atoms with Gasteiger partial charge in [0.25, 0.3) is 0 Å². The zero-order valence-electron chi connectivity index (χ0n) is 8.62. The maximum absolute atomic E-state index is 12.9. The molecule has 1 saturated carbocycles. The molecule has 1 aliphatic heterocycles. The zero-order chi connectivity index (χ0) is 9.97. The van der Waals surface area contributed by atoms with Crippen molar-refractivity contribution < 1.29 is 9.50 Å². The van der Waals surface area contributed by atoms with E-state index in [0.29, 0.717) is 6.04 Å². The number of halogens is 1. The molecule has 1 aliphatic carbocycles. The molecule has 0 bridgehead atoms. The first-order chi connectivity index (χ1) is 6.75. The second-order valence-corrected chi connectivity index (χ2v) is 4.64. The van der Waals surface area contributed by atoms with Gasteiger partial charge in [-0.25, -0.2) is 9.50 Å². The van der Waals surface area contributed by atoms with E-state index in [1.807, 2.05) is 0 Å². The summed E-state index contributed by atoms with van der Waals surface area (Å²) in [4.78, 5) is 2.40. The van der Waals surface area contributed by atoms with E-state index < -0.39 is 6.17 Å². The fourth-order valence-electron chi connectivity index (χ4n) is 2.64. The predicted molar refractivity (Wildman–Crippen MR) is 52.4 cm³/mol. The molecule has 0 spiro atoms. The van der Waals surface area contributed by atoms with Crippen LogP contribution in [-0.2, 0) is 5.11 Å². The Kier molecular flexibility index (Phi) is 3.39. The van der Waals surface area contributed by atoms with Gasteiger partial charge in [0, 0.05) is 19.1 Å². The van der Waals surface area contributed by atoms with E-state index in [4.69, 9.17) is 0 Å². The maximum atomic E-state index is 12.9. The number of nitrogens with zero attached hydrogens (tertiary/aromatic N) is 1. The molecule has 0 aromatic heterocycles. The minimum absolute atomic E-state index is 0.344. The average molecular weight is 200 g/mol. The second kappa shape index (κ2) is 4.58. The van der Waals surface area contributed by atoms with Gasteiger partial charge in [-0.15, -0.1) is 0 Å². The number of likely N-dealkylation sites (tertiary alicyclic amines) is 1. The summed E-state index contributed by atoms with van der Waals surface area (Å²) >= 11 is 0. The zero-order valence-corrected chi connectivity index (χ0v) is 8.62. The van der Waals surface area contributed by atoms with Gasteiger partial charge in [-0.05, 0) is 38.5 Å². The van der Waals surface area contributed by atoms with E-state index in [0.717, 1.165) is 51.6 Å². The molecule has 14 heavy (non-hydrogen) atoms. The van der Waals surface area contributed by atoms with E-state index in [2.05, 4.69) is 4.90 Å². The van der Waals surface area contributed by atoms with Crippen LogP contribution in [-0.4, -0.2) is 36.3 Å². The van der Waals surface area contributed by atoms with E-state index in [-0.39, 0.29) is 6.10 Å². The molecule has 2 aliphatic rings. The Labute approximate surface area is 85.1 Å². The molecule has 0 atom stereocenters. The molecular formula is C11H19FNO. The van der Waals surface area contributed by atoms with Crippen molar-refractivity contribution in [1.29, 1.82) is 0 Å². The summed E-state index contributed by atoms with van der Waals surface area (Å²) in [6, 6.07) is 0.564. The monoisotopic (exact) mass is 200 g/mol. The summed E-state index contributed by atoms with van der Waals surface area (Å²) in [5, 5.41) is 11.1. The van der Waals surface area contributed by atoms with Crippen LogP contribution in [0.3, 0.4) is 0 Å². The van der Waals surface area contributed by atoms with E-state index >= 15 is 0 Å². The summed E-state index contributed by atoms with van der Waals surface area (Å²) in [5.74, 6) is 0. The van der Waals surface area contributed by atoms with Gasteiger partial charge in [0.15, 0.2) is 0 Å². The predicted octanol–water partition coefficient (Wildman–Crippen LogP) is 2.16. The van der Waals surface area contributed by atoms with Crippen LogP contribution in [0.4, 0.5) is 4.39 Å². The third kappa shape index (κ3) is 2.45. The van der Waals surface area contributed by atoms with Crippen molar-refractivity contribution >= 4 is 0 Å². The van der Waals surface area contributed by atoms with Crippen LogP contribution >= 0.6 is 0 Å². The molecule has 2 fully saturated rings. The Balaban J connectivity index is 1.78. The number of hydrogen-bond donors (Lipinski definition) is 0. The summed E-state index contributed by atoms with van der Waals surface area (Å²) < 4.78 is 12.9. The van der Waals surface area contributed by atoms with E-state index in [1.165, 1.54) is 0 Å². The lowest BCUT2D eigenvalue weighted by molar-refractivity contribution is 0.00563. The summed E-state index contributed by atoms with van der Waals surface area (Å²) in [6.45, 7) is 1.88. The van der Waals surface area contributed by atoms with Gasteiger partial charge < -0.3 is 4.90 Å². The summed E-state index contributed by atoms with van der Waals surface area (Å²) in [7, 11) is 0. The van der Waals surface area contributed by atoms with Gasteiger partial charge in [0.05, 0.1) is 6.10 Å². The molecule has 3 heteroatoms. The van der Waals surface area contributed by atoms with Crippen LogP contribution < -0.4 is 0 Å². The lowest BCUT2D eigenvalue weighted by Gasteiger charge is -2.38. The van der Waals surface area contributed by atoms with Crippen LogP contribution in [0, 0.1) is 0 Å². The highest BCUT2D eigenvalue weighted by Gasteiger charge is 2.28. The first-order valence-corrected chi connectivity index (χ1v) is 5.79. The molecule has 81 valence electrons. The van der Waals surface area contributed by atoms with Gasteiger partial charge >= 0.3 is 0 Å². The third-order valence-electron chi connectivity index (χ3n) is 3.62. The van der Waals surface area contributed by atoms with Gasteiger partial charge in [-0.3, -0.25) is 0 Å². The smallest absolute Gasteiger partial charge is 0.100 e. The third-order valence-corrected chi connectivity index (χ3v) is 3.62. The van der Waals surface area contributed by atoms with Crippen molar-refractivity contribution in [2.75, 3.05) is 13.1 Å². The second-order valence-electron chi connectivity index (χ2n) is 4.64. The molecule has 1 radical (unpaired) electrons. The summed E-state index contributed by atoms with van der Waals surface area (Å²) in [6.07, 6.45) is 4.09. The van der Waals surface area contributed by atoms with E-state index in [1.54, 1.807) is 0 Å². The highest BCUT2D eigenvalue weighted by atomic mass is 19.1. The van der Waals surface area contributed by atoms with Gasteiger partial charge in [-0.1, -0.05) is 0 Å². The Morgan fingerprint density at radius 3 is 2.07 bits per heavy atom. The number of rotatable bonds is 1. The molecule has 0 amide bonds. The maximum Gasteiger partial charge on any atom is 0.100 e. The van der Waals surface area contributed by atoms with E-state index in [9.17, 15) is 9.50 Å². The number of piperidine rings is 1. The molecule has 2 nitrogen and oxygen atoms in total. The lowest BCUT2D eigenvalue weighted by Crippen LogP contribution is -2.44. The van der Waals surface area contributed by atoms with Crippen LogP contribution in [0.25, 0.3) is 0 Å². The summed E-state index contributed by atoms with van der Waals surface area (Å²) in [5.41, 5.74) is 0. The van der Waals surface area contributed by atoms with Crippen molar-refractivity contribution in [1.82, 2.24) is 4.90 Å². The largest absolute Gasteiger partial charge is 0.300 e. The Hall–Kier alpha value is -0.150. The molecule has 1 heterocycles. The van der Waals surface area contributed by atoms with Gasteiger partial charge in [0.1, 0.15) is 6.17 Å². The molecule has 0 aromatic carbocycles. The average Bonchev–Trinajstić information content (AvgIpc) is 2.21. The molecule has 0 unspecified atom stereocenters. The van der Waals surface area contributed by atoms with Gasteiger partial charge in [0.2, 0.25) is 0 Å². The van der Waals surface area contributed by atoms with Crippen LogP contribution in [0.1, 0.15) is 38.5 Å². The minimum Gasteiger partial charge on any atom is -0.300 e. The fraction of sp³-hybridized carbons (Fsp3) is 1.00. The number of hydrogen-bond acceptors (Lipinski definition) is 1. The quantitative estimate of drug-likeness (QED) is 0.636. The van der Waals surface area contributed by atoms with Crippen molar-refractivity contribution in [3.63, 3.8) is 0 Å². The Bertz CT molecular complexity index is 152. The molecular weight excluding hydrogens is 181 g/mol. The lowest BCUT2D eigenvalue weighted by atomic mass is 9.91. The Morgan fingerprint density at radius 2 is 1.50 bits per heavy atom. The molecule has 0 aromatic rings. The normalized spacial score (nSPS) is 37.3. The molecule has 2 rings (SSSR count). The fourth-order valence-corrected chi connectivity index (χ4v) is 2.64. The Morgan fingerprint density at radius 1 is 0.929 bits per heavy atom. The van der Waals surface area contributed by atoms with Crippen LogP contribution in [0.15, 0.2) is 0 Å². The van der Waals surface area contributed by atoms with Crippen LogP contribution in [0.5, 0.6) is 0 Å². The van der Waals surface area contributed by atoms with Crippen molar-refractivity contribution in [2.24, 2.45) is 0 Å². The standard InChI is InChI=1S/C11H19FNO/c12-9-1-3-10(4-2-9)13-7-5-11(14)6-8-13/h9-11H,1-8H2. The molecule has 1 saturated heterocycles. The van der Waals surface area contributed by atoms with Crippen molar-refractivity contribution in [2.45, 2.75) is 56.8 Å².